The highest BCUT2D eigenvalue weighted by Crippen LogP contribution is 2.46. The molecule has 3 aromatic rings. The summed E-state index contributed by atoms with van der Waals surface area (Å²) in [6, 6.07) is 24.0. The molecule has 2 heteroatoms. The van der Waals surface area contributed by atoms with Gasteiger partial charge in [0, 0.05) is 22.3 Å². The van der Waals surface area contributed by atoms with Gasteiger partial charge in [0.25, 0.3) is 0 Å². The van der Waals surface area contributed by atoms with Crippen LogP contribution in [0.2, 0.25) is 0 Å². The quantitative estimate of drug-likeness (QED) is 0.398. The monoisotopic (exact) mass is 378 g/mol. The molecule has 0 saturated heterocycles. The zero-order chi connectivity index (χ0) is 20.4. The van der Waals surface area contributed by atoms with Crippen LogP contribution in [0.15, 0.2) is 91.5 Å². The van der Waals surface area contributed by atoms with Gasteiger partial charge in [-0.2, -0.15) is 0 Å². The van der Waals surface area contributed by atoms with E-state index in [1.807, 2.05) is 72.8 Å². The molecule has 2 nitrogen and oxygen atoms in total. The molecule has 0 fully saturated rings. The van der Waals surface area contributed by atoms with Crippen molar-refractivity contribution in [1.29, 1.82) is 0 Å². The van der Waals surface area contributed by atoms with Crippen LogP contribution in [-0.2, 0) is 15.1 Å². The summed E-state index contributed by atoms with van der Waals surface area (Å²) in [7, 11) is 0. The van der Waals surface area contributed by atoms with E-state index in [0.717, 1.165) is 33.4 Å². The maximum atomic E-state index is 12.9. The van der Waals surface area contributed by atoms with Crippen molar-refractivity contribution >= 4 is 24.2 Å². The first-order chi connectivity index (χ1) is 14.1. The highest BCUT2D eigenvalue weighted by atomic mass is 16.6. The zero-order valence-electron chi connectivity index (χ0n) is 16.4. The summed E-state index contributed by atoms with van der Waals surface area (Å²) in [6.45, 7) is 9.32. The lowest BCUT2D eigenvalue weighted by atomic mass is 9.77. The molecule has 0 aliphatic heterocycles. The van der Waals surface area contributed by atoms with E-state index < -0.39 is 11.6 Å². The van der Waals surface area contributed by atoms with E-state index in [2.05, 4.69) is 25.3 Å². The Balaban J connectivity index is 2.10. The van der Waals surface area contributed by atoms with Crippen molar-refractivity contribution in [2.75, 3.05) is 0 Å². The molecule has 1 aliphatic rings. The van der Waals surface area contributed by atoms with Crippen LogP contribution in [0.1, 0.15) is 40.3 Å². The van der Waals surface area contributed by atoms with Crippen molar-refractivity contribution in [3.63, 3.8) is 0 Å². The summed E-state index contributed by atoms with van der Waals surface area (Å²) in [5.74, 6) is -0.427. The summed E-state index contributed by atoms with van der Waals surface area (Å²) >= 11 is 0. The minimum absolute atomic E-state index is 0.360. The second-order valence-corrected chi connectivity index (χ2v) is 7.19. The van der Waals surface area contributed by atoms with E-state index in [1.165, 1.54) is 0 Å². The standard InChI is InChI=1S/C27H22O2/c1-4-20-13-17-23(18-14-20)27(29-26(28)19(2)3)24-11-7-5-9-21(24)15-16-22-10-6-8-12-25(22)27/h4-18H,1-2H2,3H3. The number of esters is 1. The molecule has 142 valence electrons. The number of benzene rings is 3. The summed E-state index contributed by atoms with van der Waals surface area (Å²) in [5.41, 5.74) is 5.00. The zero-order valence-corrected chi connectivity index (χ0v) is 16.4. The van der Waals surface area contributed by atoms with Gasteiger partial charge in [-0.15, -0.1) is 0 Å². The summed E-state index contributed by atoms with van der Waals surface area (Å²) in [4.78, 5) is 12.9. The van der Waals surface area contributed by atoms with Gasteiger partial charge < -0.3 is 4.74 Å². The molecule has 0 saturated carbocycles. The van der Waals surface area contributed by atoms with Crippen LogP contribution in [0.3, 0.4) is 0 Å². The highest BCUT2D eigenvalue weighted by Gasteiger charge is 2.43. The van der Waals surface area contributed by atoms with Crippen LogP contribution in [-0.4, -0.2) is 5.97 Å². The van der Waals surface area contributed by atoms with Crippen molar-refractivity contribution in [1.82, 2.24) is 0 Å². The van der Waals surface area contributed by atoms with Crippen molar-refractivity contribution < 1.29 is 9.53 Å². The predicted molar refractivity (Wildman–Crippen MR) is 119 cm³/mol. The van der Waals surface area contributed by atoms with Crippen LogP contribution in [0, 0.1) is 0 Å². The summed E-state index contributed by atoms with van der Waals surface area (Å²) in [6.07, 6.45) is 5.94. The van der Waals surface area contributed by atoms with Gasteiger partial charge in [-0.25, -0.2) is 4.79 Å². The number of carbonyl (C=O) groups is 1. The SMILES string of the molecule is C=Cc1ccc(C2(OC(=O)C(=C)C)c3ccccc3C=Cc3ccccc32)cc1. The number of fused-ring (bicyclic) bond motifs is 2. The molecule has 0 N–H and O–H groups in total. The Bertz CT molecular complexity index is 1080. The summed E-state index contributed by atoms with van der Waals surface area (Å²) < 4.78 is 6.33. The number of hydrogen-bond acceptors (Lipinski definition) is 2. The molecule has 0 unspecified atom stereocenters. The third-order valence-electron chi connectivity index (χ3n) is 5.27. The molecule has 0 atom stereocenters. The van der Waals surface area contributed by atoms with Crippen LogP contribution >= 0.6 is 0 Å². The third kappa shape index (κ3) is 3.13. The fraction of sp³-hybridized carbons (Fsp3) is 0.0741. The van der Waals surface area contributed by atoms with Gasteiger partial charge in [0.1, 0.15) is 0 Å². The fourth-order valence-corrected chi connectivity index (χ4v) is 3.81. The Morgan fingerprint density at radius 2 is 1.38 bits per heavy atom. The molecule has 0 heterocycles. The summed E-state index contributed by atoms with van der Waals surface area (Å²) in [5, 5.41) is 0. The first-order valence-corrected chi connectivity index (χ1v) is 9.55. The lowest BCUT2D eigenvalue weighted by Crippen LogP contribution is -2.36. The molecular formula is C27H22O2. The van der Waals surface area contributed by atoms with Crippen molar-refractivity contribution in [3.8, 4) is 0 Å². The average molecular weight is 378 g/mol. The van der Waals surface area contributed by atoms with Crippen LogP contribution in [0.5, 0.6) is 0 Å². The normalized spacial score (nSPS) is 13.6. The van der Waals surface area contributed by atoms with Crippen molar-refractivity contribution in [2.45, 2.75) is 12.5 Å². The Morgan fingerprint density at radius 3 is 1.86 bits per heavy atom. The van der Waals surface area contributed by atoms with Crippen LogP contribution in [0.4, 0.5) is 0 Å². The molecule has 0 aromatic heterocycles. The van der Waals surface area contributed by atoms with Crippen molar-refractivity contribution in [3.05, 3.63) is 125 Å². The van der Waals surface area contributed by atoms with E-state index in [-0.39, 0.29) is 0 Å². The van der Waals surface area contributed by atoms with Gasteiger partial charge in [0.15, 0.2) is 5.60 Å². The maximum absolute atomic E-state index is 12.9. The minimum atomic E-state index is -1.09. The average Bonchev–Trinajstić information content (AvgIpc) is 2.90. The Kier molecular flexibility index (Phi) is 4.77. The topological polar surface area (TPSA) is 26.3 Å². The molecule has 29 heavy (non-hydrogen) atoms. The molecule has 3 aromatic carbocycles. The molecule has 0 bridgehead atoms. The molecule has 0 radical (unpaired) electrons. The van der Waals surface area contributed by atoms with Gasteiger partial charge in [-0.3, -0.25) is 0 Å². The third-order valence-corrected chi connectivity index (χ3v) is 5.27. The number of ether oxygens (including phenoxy) is 1. The lowest BCUT2D eigenvalue weighted by Gasteiger charge is -2.36. The van der Waals surface area contributed by atoms with Gasteiger partial charge in [-0.1, -0.05) is 104 Å². The van der Waals surface area contributed by atoms with E-state index in [1.54, 1.807) is 13.0 Å². The van der Waals surface area contributed by atoms with Gasteiger partial charge >= 0.3 is 5.97 Å². The second-order valence-electron chi connectivity index (χ2n) is 7.19. The first kappa shape index (κ1) is 18.7. The Morgan fingerprint density at radius 1 is 0.862 bits per heavy atom. The second kappa shape index (κ2) is 7.40. The van der Waals surface area contributed by atoms with Crippen LogP contribution < -0.4 is 0 Å². The van der Waals surface area contributed by atoms with Gasteiger partial charge in [0.2, 0.25) is 0 Å². The van der Waals surface area contributed by atoms with E-state index >= 15 is 0 Å². The smallest absolute Gasteiger partial charge is 0.334 e. The molecular weight excluding hydrogens is 356 g/mol. The largest absolute Gasteiger partial charge is 0.441 e. The lowest BCUT2D eigenvalue weighted by molar-refractivity contribution is -0.148. The van der Waals surface area contributed by atoms with E-state index in [4.69, 9.17) is 4.74 Å². The predicted octanol–water partition coefficient (Wildman–Crippen LogP) is 6.22. The van der Waals surface area contributed by atoms with E-state index in [9.17, 15) is 4.79 Å². The number of rotatable bonds is 4. The molecule has 0 spiro atoms. The molecule has 0 amide bonds. The minimum Gasteiger partial charge on any atom is -0.441 e. The van der Waals surface area contributed by atoms with Gasteiger partial charge in [-0.05, 0) is 23.6 Å². The first-order valence-electron chi connectivity index (χ1n) is 9.55. The molecule has 1 aliphatic carbocycles. The molecule has 4 rings (SSSR count). The number of hydrogen-bond donors (Lipinski definition) is 0. The van der Waals surface area contributed by atoms with E-state index in [0.29, 0.717) is 5.57 Å². The maximum Gasteiger partial charge on any atom is 0.334 e. The fourth-order valence-electron chi connectivity index (χ4n) is 3.81. The van der Waals surface area contributed by atoms with Crippen LogP contribution in [0.25, 0.3) is 18.2 Å². The Hall–Kier alpha value is -3.65. The number of carbonyl (C=O) groups excluding carboxylic acids is 1. The Labute approximate surface area is 171 Å². The highest BCUT2D eigenvalue weighted by molar-refractivity contribution is 5.89. The van der Waals surface area contributed by atoms with Gasteiger partial charge in [0.05, 0.1) is 0 Å². The van der Waals surface area contributed by atoms with Crippen molar-refractivity contribution in [2.24, 2.45) is 0 Å².